The molecule has 0 aliphatic heterocycles. The zero-order valence-electron chi connectivity index (χ0n) is 15.9. The molecule has 0 spiro atoms. The molecule has 6 heteroatoms. The molecule has 0 fully saturated rings. The molecule has 5 nitrogen and oxygen atoms in total. The smallest absolute Gasteiger partial charge is 0.251 e. The Bertz CT molecular complexity index is 755. The van der Waals surface area contributed by atoms with Crippen molar-refractivity contribution in [1.82, 2.24) is 10.2 Å². The highest BCUT2D eigenvalue weighted by atomic mass is 32.1. The Kier molecular flexibility index (Phi) is 7.24. The highest BCUT2D eigenvalue weighted by molar-refractivity contribution is 7.10. The molecule has 1 N–H and O–H groups in total. The number of hydrogen-bond donors (Lipinski definition) is 1. The number of ether oxygens (including phenoxy) is 2. The van der Waals surface area contributed by atoms with Crippen LogP contribution in [0.25, 0.3) is 6.08 Å². The third-order valence-corrected chi connectivity index (χ3v) is 5.04. The van der Waals surface area contributed by atoms with E-state index in [1.807, 2.05) is 50.7 Å². The molecule has 0 saturated carbocycles. The highest BCUT2D eigenvalue weighted by Gasteiger charge is 2.19. The number of nitrogens with zero attached hydrogens (tertiary/aromatic N) is 1. The van der Waals surface area contributed by atoms with Gasteiger partial charge in [0, 0.05) is 22.5 Å². The van der Waals surface area contributed by atoms with Crippen LogP contribution in [0.2, 0.25) is 0 Å². The van der Waals surface area contributed by atoms with Crippen molar-refractivity contribution in [2.24, 2.45) is 0 Å². The lowest BCUT2D eigenvalue weighted by Crippen LogP contribution is -2.34. The Morgan fingerprint density at radius 3 is 2.62 bits per heavy atom. The second-order valence-electron chi connectivity index (χ2n) is 6.01. The minimum Gasteiger partial charge on any atom is -0.493 e. The molecule has 1 heterocycles. The van der Waals surface area contributed by atoms with E-state index in [2.05, 4.69) is 16.3 Å². The molecule has 2 aromatic rings. The molecule has 0 aliphatic rings. The van der Waals surface area contributed by atoms with Gasteiger partial charge < -0.3 is 19.7 Å². The first kappa shape index (κ1) is 20.0. The van der Waals surface area contributed by atoms with E-state index in [1.165, 1.54) is 4.88 Å². The van der Waals surface area contributed by atoms with Gasteiger partial charge >= 0.3 is 0 Å². The average molecular weight is 375 g/mol. The van der Waals surface area contributed by atoms with Gasteiger partial charge in [-0.05, 0) is 44.6 Å². The van der Waals surface area contributed by atoms with E-state index in [-0.39, 0.29) is 11.9 Å². The fourth-order valence-electron chi connectivity index (χ4n) is 2.74. The fourth-order valence-corrected chi connectivity index (χ4v) is 3.66. The number of allylic oxidation sites excluding steroid dienone is 1. The summed E-state index contributed by atoms with van der Waals surface area (Å²) in [5.74, 6) is 1.02. The van der Waals surface area contributed by atoms with Crippen molar-refractivity contribution in [3.8, 4) is 11.5 Å². The van der Waals surface area contributed by atoms with E-state index >= 15 is 0 Å². The number of carbonyl (C=O) groups is 1. The Hall–Kier alpha value is -2.31. The van der Waals surface area contributed by atoms with Crippen LogP contribution in [-0.2, 0) is 0 Å². The molecular weight excluding hydrogens is 348 g/mol. The summed E-state index contributed by atoms with van der Waals surface area (Å²) in [6.45, 7) is 2.45. The Morgan fingerprint density at radius 1 is 1.31 bits per heavy atom. The van der Waals surface area contributed by atoms with Gasteiger partial charge in [-0.15, -0.1) is 11.3 Å². The van der Waals surface area contributed by atoms with E-state index in [1.54, 1.807) is 31.6 Å². The standard InChI is InChI=1S/C20H26N2O3S/c1-6-8-14-11-15(12-17(24-4)19(14)25-5)20(23)21-13-16(22(2)3)18-9-7-10-26-18/h6-12,16H,13H2,1-5H3,(H,21,23)/b8-6+. The summed E-state index contributed by atoms with van der Waals surface area (Å²) in [7, 11) is 7.18. The van der Waals surface area contributed by atoms with Crippen LogP contribution in [0.5, 0.6) is 11.5 Å². The average Bonchev–Trinajstić information content (AvgIpc) is 3.15. The summed E-state index contributed by atoms with van der Waals surface area (Å²) in [5, 5.41) is 5.08. The summed E-state index contributed by atoms with van der Waals surface area (Å²) in [6, 6.07) is 7.76. The van der Waals surface area contributed by atoms with Gasteiger partial charge in [-0.2, -0.15) is 0 Å². The molecule has 1 unspecified atom stereocenters. The van der Waals surface area contributed by atoms with Gasteiger partial charge in [0.1, 0.15) is 0 Å². The molecule has 1 atom stereocenters. The third kappa shape index (κ3) is 4.65. The van der Waals surface area contributed by atoms with Crippen LogP contribution in [-0.4, -0.2) is 45.7 Å². The Morgan fingerprint density at radius 2 is 2.08 bits per heavy atom. The third-order valence-electron chi connectivity index (χ3n) is 4.07. The maximum atomic E-state index is 12.7. The van der Waals surface area contributed by atoms with E-state index in [9.17, 15) is 4.79 Å². The predicted molar refractivity (Wildman–Crippen MR) is 107 cm³/mol. The minimum absolute atomic E-state index is 0.133. The van der Waals surface area contributed by atoms with Crippen molar-refractivity contribution >= 4 is 23.3 Å². The highest BCUT2D eigenvalue weighted by Crippen LogP contribution is 2.33. The monoisotopic (exact) mass is 374 g/mol. The number of thiophene rings is 1. The zero-order chi connectivity index (χ0) is 19.1. The largest absolute Gasteiger partial charge is 0.493 e. The topological polar surface area (TPSA) is 50.8 Å². The lowest BCUT2D eigenvalue weighted by Gasteiger charge is -2.23. The minimum atomic E-state index is -0.139. The van der Waals surface area contributed by atoms with E-state index < -0.39 is 0 Å². The molecule has 140 valence electrons. The number of hydrogen-bond acceptors (Lipinski definition) is 5. The van der Waals surface area contributed by atoms with Crippen molar-refractivity contribution < 1.29 is 14.3 Å². The Labute approximate surface area is 159 Å². The summed E-state index contributed by atoms with van der Waals surface area (Å²) >= 11 is 1.69. The zero-order valence-corrected chi connectivity index (χ0v) is 16.7. The number of nitrogens with one attached hydrogen (secondary N) is 1. The molecular formula is C20H26N2O3S. The molecule has 0 aliphatic carbocycles. The van der Waals surface area contributed by atoms with Crippen LogP contribution in [0.1, 0.15) is 33.8 Å². The van der Waals surface area contributed by atoms with Crippen molar-refractivity contribution in [3.05, 3.63) is 51.7 Å². The maximum absolute atomic E-state index is 12.7. The molecule has 0 radical (unpaired) electrons. The lowest BCUT2D eigenvalue weighted by molar-refractivity contribution is 0.0942. The predicted octanol–water partition coefficient (Wildman–Crippen LogP) is 3.83. The van der Waals surface area contributed by atoms with Crippen molar-refractivity contribution in [2.45, 2.75) is 13.0 Å². The quantitative estimate of drug-likeness (QED) is 0.763. The SMILES string of the molecule is C/C=C/c1cc(C(=O)NCC(c2cccs2)N(C)C)cc(OC)c1OC. The van der Waals surface area contributed by atoms with Gasteiger partial charge in [-0.25, -0.2) is 0 Å². The normalized spacial score (nSPS) is 12.4. The van der Waals surface area contributed by atoms with Gasteiger partial charge in [-0.3, -0.25) is 4.79 Å². The Balaban J connectivity index is 2.22. The van der Waals surface area contributed by atoms with Gasteiger partial charge in [0.15, 0.2) is 11.5 Å². The first-order valence-corrected chi connectivity index (χ1v) is 9.26. The number of rotatable bonds is 8. The molecule has 1 aromatic carbocycles. The van der Waals surface area contributed by atoms with Gasteiger partial charge in [0.2, 0.25) is 0 Å². The van der Waals surface area contributed by atoms with Crippen LogP contribution in [0, 0.1) is 0 Å². The van der Waals surface area contributed by atoms with Crippen LogP contribution in [0.15, 0.2) is 35.7 Å². The van der Waals surface area contributed by atoms with Crippen LogP contribution in [0.3, 0.4) is 0 Å². The van der Waals surface area contributed by atoms with E-state index in [0.717, 1.165) is 5.56 Å². The number of benzene rings is 1. The molecule has 1 aromatic heterocycles. The van der Waals surface area contributed by atoms with Gasteiger partial charge in [-0.1, -0.05) is 18.2 Å². The molecule has 0 bridgehead atoms. The van der Waals surface area contributed by atoms with E-state index in [4.69, 9.17) is 9.47 Å². The second-order valence-corrected chi connectivity index (χ2v) is 6.99. The number of amides is 1. The first-order valence-electron chi connectivity index (χ1n) is 8.38. The second kappa shape index (κ2) is 9.40. The summed E-state index contributed by atoms with van der Waals surface area (Å²) in [5.41, 5.74) is 1.35. The summed E-state index contributed by atoms with van der Waals surface area (Å²) < 4.78 is 10.8. The van der Waals surface area contributed by atoms with Gasteiger partial charge in [0.25, 0.3) is 5.91 Å². The van der Waals surface area contributed by atoms with Crippen molar-refractivity contribution in [3.63, 3.8) is 0 Å². The number of likely N-dealkylation sites (N-methyl/N-ethyl adjacent to an activating group) is 1. The molecule has 2 rings (SSSR count). The van der Waals surface area contributed by atoms with Crippen molar-refractivity contribution in [1.29, 1.82) is 0 Å². The molecule has 0 saturated heterocycles. The van der Waals surface area contributed by atoms with Crippen LogP contribution < -0.4 is 14.8 Å². The van der Waals surface area contributed by atoms with Crippen molar-refractivity contribution in [2.75, 3.05) is 34.9 Å². The number of carbonyl (C=O) groups excluding carboxylic acids is 1. The maximum Gasteiger partial charge on any atom is 0.251 e. The lowest BCUT2D eigenvalue weighted by atomic mass is 10.1. The number of methoxy groups -OCH3 is 2. The van der Waals surface area contributed by atoms with Crippen LogP contribution >= 0.6 is 11.3 Å². The fraction of sp³-hybridized carbons (Fsp3) is 0.350. The summed E-state index contributed by atoms with van der Waals surface area (Å²) in [4.78, 5) is 16.0. The molecule has 1 amide bonds. The van der Waals surface area contributed by atoms with Crippen LogP contribution in [0.4, 0.5) is 0 Å². The van der Waals surface area contributed by atoms with Gasteiger partial charge in [0.05, 0.1) is 20.3 Å². The van der Waals surface area contributed by atoms with E-state index in [0.29, 0.717) is 23.6 Å². The summed E-state index contributed by atoms with van der Waals surface area (Å²) in [6.07, 6.45) is 3.80. The first-order chi connectivity index (χ1) is 12.5. The molecule has 26 heavy (non-hydrogen) atoms.